The zero-order chi connectivity index (χ0) is 13.4. The number of hydrogen-bond donors (Lipinski definition) is 0. The quantitative estimate of drug-likeness (QED) is 0.469. The highest BCUT2D eigenvalue weighted by Gasteiger charge is 2.18. The summed E-state index contributed by atoms with van der Waals surface area (Å²) in [6.45, 7) is 0. The molecule has 0 aliphatic rings. The molecule has 96 valence electrons. The van der Waals surface area contributed by atoms with Crippen molar-refractivity contribution >= 4 is 56.9 Å². The normalized spacial score (nSPS) is 12.8. The van der Waals surface area contributed by atoms with E-state index in [0.29, 0.717) is 5.02 Å². The van der Waals surface area contributed by atoms with Gasteiger partial charge in [0.2, 0.25) is 0 Å². The number of benzene rings is 2. The van der Waals surface area contributed by atoms with Crippen molar-refractivity contribution < 1.29 is 0 Å². The Morgan fingerprint density at radius 3 is 2.26 bits per heavy atom. The maximum Gasteiger partial charge on any atom is 0.0948 e. The highest BCUT2D eigenvalue weighted by Crippen LogP contribution is 2.41. The smallest absolute Gasteiger partial charge is 0.0948 e. The third kappa shape index (κ3) is 2.36. The molecule has 0 amide bonds. The number of halogens is 3. The summed E-state index contributed by atoms with van der Waals surface area (Å²) in [5.41, 5.74) is 1.03. The van der Waals surface area contributed by atoms with Crippen LogP contribution in [0.4, 0.5) is 0 Å². The average molecular weight is 328 g/mol. The van der Waals surface area contributed by atoms with Crippen molar-refractivity contribution in [2.45, 2.75) is 5.38 Å². The van der Waals surface area contributed by atoms with Crippen LogP contribution in [0.5, 0.6) is 0 Å². The predicted molar refractivity (Wildman–Crippen MR) is 86.0 cm³/mol. The number of rotatable bonds is 2. The van der Waals surface area contributed by atoms with Gasteiger partial charge in [0.1, 0.15) is 0 Å². The fourth-order valence-corrected chi connectivity index (χ4v) is 4.04. The summed E-state index contributed by atoms with van der Waals surface area (Å²) in [5.74, 6) is 0. The molecular weight excluding hydrogens is 319 g/mol. The van der Waals surface area contributed by atoms with E-state index in [1.54, 1.807) is 11.3 Å². The van der Waals surface area contributed by atoms with Crippen LogP contribution in [0, 0.1) is 0 Å². The summed E-state index contributed by atoms with van der Waals surface area (Å²) < 4.78 is 0. The molecule has 1 aromatic heterocycles. The lowest BCUT2D eigenvalue weighted by Gasteiger charge is -2.13. The van der Waals surface area contributed by atoms with Gasteiger partial charge in [-0.25, -0.2) is 0 Å². The Morgan fingerprint density at radius 1 is 0.842 bits per heavy atom. The zero-order valence-corrected chi connectivity index (χ0v) is 12.8. The van der Waals surface area contributed by atoms with Crippen molar-refractivity contribution in [1.29, 1.82) is 0 Å². The molecule has 0 saturated heterocycles. The second-order valence-electron chi connectivity index (χ2n) is 4.18. The lowest BCUT2D eigenvalue weighted by Crippen LogP contribution is -1.93. The third-order valence-electron chi connectivity index (χ3n) is 3.05. The first kappa shape index (κ1) is 13.3. The van der Waals surface area contributed by atoms with Gasteiger partial charge in [-0.05, 0) is 28.5 Å². The number of fused-ring (bicyclic) bond motifs is 1. The molecule has 0 fully saturated rings. The third-order valence-corrected chi connectivity index (χ3v) is 5.39. The van der Waals surface area contributed by atoms with Crippen LogP contribution >= 0.6 is 46.1 Å². The molecule has 0 aliphatic carbocycles. The second-order valence-corrected chi connectivity index (χ2v) is 6.38. The van der Waals surface area contributed by atoms with Crippen LogP contribution < -0.4 is 0 Å². The zero-order valence-electron chi connectivity index (χ0n) is 9.74. The molecule has 3 rings (SSSR count). The van der Waals surface area contributed by atoms with Gasteiger partial charge in [0.25, 0.3) is 0 Å². The summed E-state index contributed by atoms with van der Waals surface area (Å²) in [6.07, 6.45) is 0. The van der Waals surface area contributed by atoms with Crippen LogP contribution in [-0.4, -0.2) is 0 Å². The summed E-state index contributed by atoms with van der Waals surface area (Å²) in [4.78, 5) is 0.968. The summed E-state index contributed by atoms with van der Waals surface area (Å²) in [5, 5.41) is 5.23. The first-order valence-corrected chi connectivity index (χ1v) is 7.80. The van der Waals surface area contributed by atoms with Gasteiger partial charge < -0.3 is 0 Å². The van der Waals surface area contributed by atoms with Crippen molar-refractivity contribution in [3.63, 3.8) is 0 Å². The molecule has 4 heteroatoms. The van der Waals surface area contributed by atoms with Gasteiger partial charge in [-0.2, -0.15) is 0 Å². The number of hydrogen-bond acceptors (Lipinski definition) is 1. The van der Waals surface area contributed by atoms with Crippen LogP contribution in [-0.2, 0) is 0 Å². The monoisotopic (exact) mass is 326 g/mol. The Morgan fingerprint density at radius 2 is 1.58 bits per heavy atom. The van der Waals surface area contributed by atoms with E-state index >= 15 is 0 Å². The van der Waals surface area contributed by atoms with Gasteiger partial charge in [-0.3, -0.25) is 0 Å². The molecule has 1 atom stereocenters. The molecule has 0 nitrogen and oxygen atoms in total. The Balaban J connectivity index is 2.21. The van der Waals surface area contributed by atoms with Crippen LogP contribution in [0.3, 0.4) is 0 Å². The van der Waals surface area contributed by atoms with E-state index in [0.717, 1.165) is 26.2 Å². The molecule has 1 unspecified atom stereocenters. The summed E-state index contributed by atoms with van der Waals surface area (Å²) >= 11 is 20.6. The Kier molecular flexibility index (Phi) is 3.72. The summed E-state index contributed by atoms with van der Waals surface area (Å²) in [7, 11) is 0. The van der Waals surface area contributed by atoms with E-state index in [1.807, 2.05) is 47.8 Å². The molecule has 0 radical (unpaired) electrons. The second kappa shape index (κ2) is 5.34. The lowest BCUT2D eigenvalue weighted by atomic mass is 10.0. The first-order chi connectivity index (χ1) is 9.18. The predicted octanol–water partition coefficient (Wildman–Crippen LogP) is 6.54. The summed E-state index contributed by atoms with van der Waals surface area (Å²) in [6, 6.07) is 13.7. The molecule has 3 aromatic rings. The SMILES string of the molecule is Clc1ccsc1C(Cl)c1ccc(Cl)c2ccccc12. The van der Waals surface area contributed by atoms with Crippen molar-refractivity contribution in [1.82, 2.24) is 0 Å². The first-order valence-electron chi connectivity index (χ1n) is 5.72. The van der Waals surface area contributed by atoms with E-state index < -0.39 is 0 Å². The molecular formula is C15H9Cl3S. The van der Waals surface area contributed by atoms with E-state index in [2.05, 4.69) is 0 Å². The van der Waals surface area contributed by atoms with Gasteiger partial charge in [0, 0.05) is 15.3 Å². The molecule has 0 bridgehead atoms. The van der Waals surface area contributed by atoms with Crippen molar-refractivity contribution in [3.8, 4) is 0 Å². The fourth-order valence-electron chi connectivity index (χ4n) is 2.13. The molecule has 1 heterocycles. The van der Waals surface area contributed by atoms with Gasteiger partial charge in [-0.15, -0.1) is 22.9 Å². The van der Waals surface area contributed by atoms with Crippen LogP contribution in [0.15, 0.2) is 47.8 Å². The maximum atomic E-state index is 6.59. The standard InChI is InChI=1S/C15H9Cl3S/c16-12-6-5-11(9-3-1-2-4-10(9)12)14(18)15-13(17)7-8-19-15/h1-8,14H. The largest absolute Gasteiger partial charge is 0.145 e. The molecule has 0 aliphatic heterocycles. The van der Waals surface area contributed by atoms with Crippen LogP contribution in [0.1, 0.15) is 15.8 Å². The highest BCUT2D eigenvalue weighted by molar-refractivity contribution is 7.11. The van der Waals surface area contributed by atoms with Gasteiger partial charge in [0.15, 0.2) is 0 Å². The Labute approximate surface area is 130 Å². The van der Waals surface area contributed by atoms with E-state index in [4.69, 9.17) is 34.8 Å². The lowest BCUT2D eigenvalue weighted by molar-refractivity contribution is 1.21. The topological polar surface area (TPSA) is 0 Å². The molecule has 19 heavy (non-hydrogen) atoms. The maximum absolute atomic E-state index is 6.59. The van der Waals surface area contributed by atoms with Crippen LogP contribution in [0.2, 0.25) is 10.0 Å². The van der Waals surface area contributed by atoms with Crippen molar-refractivity contribution in [2.24, 2.45) is 0 Å². The van der Waals surface area contributed by atoms with Crippen molar-refractivity contribution in [3.05, 3.63) is 68.3 Å². The fraction of sp³-hybridized carbons (Fsp3) is 0.0667. The molecule has 0 N–H and O–H groups in total. The van der Waals surface area contributed by atoms with Crippen LogP contribution in [0.25, 0.3) is 10.8 Å². The Hall–Kier alpha value is -0.730. The molecule has 2 aromatic carbocycles. The van der Waals surface area contributed by atoms with E-state index in [9.17, 15) is 0 Å². The van der Waals surface area contributed by atoms with E-state index in [1.165, 1.54) is 0 Å². The van der Waals surface area contributed by atoms with Gasteiger partial charge >= 0.3 is 0 Å². The Bertz CT molecular complexity index is 733. The number of alkyl halides is 1. The van der Waals surface area contributed by atoms with Crippen molar-refractivity contribution in [2.75, 3.05) is 0 Å². The highest BCUT2D eigenvalue weighted by atomic mass is 35.5. The van der Waals surface area contributed by atoms with Gasteiger partial charge in [-0.1, -0.05) is 53.5 Å². The minimum absolute atomic E-state index is 0.255. The molecule has 0 saturated carbocycles. The minimum atomic E-state index is -0.255. The average Bonchev–Trinajstić information content (AvgIpc) is 2.85. The number of thiophene rings is 1. The minimum Gasteiger partial charge on any atom is -0.145 e. The van der Waals surface area contributed by atoms with E-state index in [-0.39, 0.29) is 5.38 Å². The van der Waals surface area contributed by atoms with Gasteiger partial charge in [0.05, 0.1) is 10.4 Å². The molecule has 0 spiro atoms.